The van der Waals surface area contributed by atoms with Crippen molar-refractivity contribution in [3.63, 3.8) is 0 Å². The van der Waals surface area contributed by atoms with Gasteiger partial charge in [-0.3, -0.25) is 10.1 Å². The van der Waals surface area contributed by atoms with Crippen molar-refractivity contribution in [2.24, 2.45) is 0 Å². The van der Waals surface area contributed by atoms with Gasteiger partial charge in [-0.05, 0) is 59.2 Å². The highest BCUT2D eigenvalue weighted by molar-refractivity contribution is 6.02. The Morgan fingerprint density at radius 3 is 2.45 bits per heavy atom. The van der Waals surface area contributed by atoms with Crippen LogP contribution in [0.15, 0.2) is 79.1 Å². The molecular formula is C26H17FN4O2. The molecule has 3 heterocycles. The molecule has 0 bridgehead atoms. The number of hydrogen-bond acceptors (Lipinski definition) is 4. The molecule has 3 aromatic carbocycles. The molecule has 3 aromatic heterocycles. The zero-order valence-electron chi connectivity index (χ0n) is 17.2. The predicted octanol–water partition coefficient (Wildman–Crippen LogP) is 5.99. The molecule has 0 aliphatic carbocycles. The molecular weight excluding hydrogens is 419 g/mol. The lowest BCUT2D eigenvalue weighted by Gasteiger charge is -2.05. The molecule has 0 atom stereocenters. The van der Waals surface area contributed by atoms with Gasteiger partial charge in [0.1, 0.15) is 23.0 Å². The van der Waals surface area contributed by atoms with Gasteiger partial charge in [-0.15, -0.1) is 0 Å². The molecule has 33 heavy (non-hydrogen) atoms. The first-order valence-electron chi connectivity index (χ1n) is 10.3. The van der Waals surface area contributed by atoms with E-state index in [9.17, 15) is 14.6 Å². The molecule has 6 nitrogen and oxygen atoms in total. The number of benzene rings is 3. The molecule has 6 aromatic rings. The summed E-state index contributed by atoms with van der Waals surface area (Å²) in [6.07, 6.45) is 3.09. The third kappa shape index (κ3) is 3.27. The van der Waals surface area contributed by atoms with Gasteiger partial charge < -0.3 is 15.2 Å². The highest BCUT2D eigenvalue weighted by Gasteiger charge is 2.15. The third-order valence-electron chi connectivity index (χ3n) is 5.73. The Morgan fingerprint density at radius 2 is 1.61 bits per heavy atom. The van der Waals surface area contributed by atoms with Crippen LogP contribution in [0.4, 0.5) is 4.39 Å². The zero-order chi connectivity index (χ0) is 22.5. The van der Waals surface area contributed by atoms with E-state index in [1.54, 1.807) is 18.3 Å². The Balaban J connectivity index is 1.51. The van der Waals surface area contributed by atoms with Crippen LogP contribution in [0.1, 0.15) is 0 Å². The molecule has 4 N–H and O–H groups in total. The standard InChI is InChI=1S/C26H17FN4O2/c27-17-6-15(7-18(32)10-17)20-2-1-3-23-21(20)11-25(29-23)26-22-9-14(4-5-24(22)30-31-26)16-8-19(33)13-28-12-16/h1-13,29,32-33H,(H,30,31). The Bertz CT molecular complexity index is 1650. The van der Waals surface area contributed by atoms with E-state index in [2.05, 4.69) is 20.2 Å². The number of nitrogens with one attached hydrogen (secondary N) is 2. The van der Waals surface area contributed by atoms with Crippen LogP contribution < -0.4 is 0 Å². The van der Waals surface area contributed by atoms with Gasteiger partial charge in [0.2, 0.25) is 0 Å². The van der Waals surface area contributed by atoms with E-state index in [1.807, 2.05) is 42.5 Å². The lowest BCUT2D eigenvalue weighted by Crippen LogP contribution is -1.82. The van der Waals surface area contributed by atoms with Gasteiger partial charge in [-0.1, -0.05) is 18.2 Å². The molecule has 0 fully saturated rings. The highest BCUT2D eigenvalue weighted by atomic mass is 19.1. The van der Waals surface area contributed by atoms with Gasteiger partial charge >= 0.3 is 0 Å². The second kappa shape index (κ2) is 7.20. The van der Waals surface area contributed by atoms with Gasteiger partial charge in [0.25, 0.3) is 0 Å². The van der Waals surface area contributed by atoms with Gasteiger partial charge in [0.05, 0.1) is 17.4 Å². The van der Waals surface area contributed by atoms with Crippen LogP contribution in [0, 0.1) is 5.82 Å². The largest absolute Gasteiger partial charge is 0.508 e. The van der Waals surface area contributed by atoms with E-state index >= 15 is 0 Å². The summed E-state index contributed by atoms with van der Waals surface area (Å²) in [6.45, 7) is 0. The first-order valence-corrected chi connectivity index (χ1v) is 10.3. The Hall–Kier alpha value is -4.65. The summed E-state index contributed by atoms with van der Waals surface area (Å²) in [4.78, 5) is 7.47. The second-order valence-electron chi connectivity index (χ2n) is 7.91. The van der Waals surface area contributed by atoms with E-state index < -0.39 is 5.82 Å². The lowest BCUT2D eigenvalue weighted by atomic mass is 10.0. The zero-order valence-corrected chi connectivity index (χ0v) is 17.2. The van der Waals surface area contributed by atoms with Gasteiger partial charge in [-0.2, -0.15) is 5.10 Å². The monoisotopic (exact) mass is 436 g/mol. The van der Waals surface area contributed by atoms with Crippen LogP contribution in [0.25, 0.3) is 55.4 Å². The topological polar surface area (TPSA) is 97.8 Å². The van der Waals surface area contributed by atoms with E-state index in [1.165, 1.54) is 12.3 Å². The maximum atomic E-state index is 13.9. The fraction of sp³-hybridized carbons (Fsp3) is 0. The first-order chi connectivity index (χ1) is 16.0. The summed E-state index contributed by atoms with van der Waals surface area (Å²) < 4.78 is 13.9. The van der Waals surface area contributed by atoms with Crippen molar-refractivity contribution in [2.75, 3.05) is 0 Å². The van der Waals surface area contributed by atoms with Crippen molar-refractivity contribution < 1.29 is 14.6 Å². The molecule has 0 saturated heterocycles. The number of halogens is 1. The van der Waals surface area contributed by atoms with Crippen LogP contribution in [0.3, 0.4) is 0 Å². The molecule has 160 valence electrons. The van der Waals surface area contributed by atoms with E-state index in [0.717, 1.165) is 56.0 Å². The van der Waals surface area contributed by atoms with Crippen LogP contribution in [0.2, 0.25) is 0 Å². The number of aromatic nitrogens is 4. The predicted molar refractivity (Wildman–Crippen MR) is 125 cm³/mol. The molecule has 0 saturated carbocycles. The maximum Gasteiger partial charge on any atom is 0.134 e. The Labute approximate surface area is 187 Å². The Kier molecular flexibility index (Phi) is 4.16. The van der Waals surface area contributed by atoms with Crippen molar-refractivity contribution in [3.8, 4) is 45.1 Å². The van der Waals surface area contributed by atoms with Gasteiger partial charge in [0.15, 0.2) is 0 Å². The van der Waals surface area contributed by atoms with E-state index in [0.29, 0.717) is 5.56 Å². The quantitative estimate of drug-likeness (QED) is 0.274. The molecule has 7 heteroatoms. The smallest absolute Gasteiger partial charge is 0.134 e. The number of nitrogens with zero attached hydrogens (tertiary/aromatic N) is 2. The van der Waals surface area contributed by atoms with Crippen LogP contribution >= 0.6 is 0 Å². The number of pyridine rings is 1. The third-order valence-corrected chi connectivity index (χ3v) is 5.73. The average molecular weight is 436 g/mol. The molecule has 0 amide bonds. The number of phenols is 1. The highest BCUT2D eigenvalue weighted by Crippen LogP contribution is 2.36. The molecule has 0 unspecified atom stereocenters. The van der Waals surface area contributed by atoms with Crippen LogP contribution in [0.5, 0.6) is 11.5 Å². The summed E-state index contributed by atoms with van der Waals surface area (Å²) in [6, 6.07) is 19.3. The van der Waals surface area contributed by atoms with Crippen LogP contribution in [-0.4, -0.2) is 30.4 Å². The second-order valence-corrected chi connectivity index (χ2v) is 7.91. The minimum absolute atomic E-state index is 0.103. The van der Waals surface area contributed by atoms with E-state index in [4.69, 9.17) is 0 Å². The van der Waals surface area contributed by atoms with Gasteiger partial charge in [0, 0.05) is 34.1 Å². The fourth-order valence-electron chi connectivity index (χ4n) is 4.25. The molecule has 0 spiro atoms. The Morgan fingerprint density at radius 1 is 0.727 bits per heavy atom. The number of rotatable bonds is 3. The lowest BCUT2D eigenvalue weighted by molar-refractivity contribution is 0.469. The number of fused-ring (bicyclic) bond motifs is 2. The normalized spacial score (nSPS) is 11.4. The summed E-state index contributed by atoms with van der Waals surface area (Å²) in [5.41, 5.74) is 6.38. The average Bonchev–Trinajstić information content (AvgIpc) is 3.41. The summed E-state index contributed by atoms with van der Waals surface area (Å²) in [7, 11) is 0. The molecule has 6 rings (SSSR count). The summed E-state index contributed by atoms with van der Waals surface area (Å²) >= 11 is 0. The number of aromatic hydroxyl groups is 2. The first kappa shape index (κ1) is 19.1. The van der Waals surface area contributed by atoms with Gasteiger partial charge in [-0.25, -0.2) is 4.39 Å². The van der Waals surface area contributed by atoms with Crippen molar-refractivity contribution in [1.82, 2.24) is 20.2 Å². The molecule has 0 aliphatic rings. The fourth-order valence-corrected chi connectivity index (χ4v) is 4.25. The minimum Gasteiger partial charge on any atom is -0.508 e. The molecule has 0 radical (unpaired) electrons. The SMILES string of the molecule is Oc1cncc(-c2ccc3[nH]nc(-c4cc5c(-c6cc(O)cc(F)c6)cccc5[nH]4)c3c2)c1. The summed E-state index contributed by atoms with van der Waals surface area (Å²) in [5.74, 6) is -0.512. The van der Waals surface area contributed by atoms with Crippen molar-refractivity contribution in [3.05, 3.63) is 84.9 Å². The molecule has 0 aliphatic heterocycles. The summed E-state index contributed by atoms with van der Waals surface area (Å²) in [5, 5.41) is 29.0. The van der Waals surface area contributed by atoms with Crippen molar-refractivity contribution in [2.45, 2.75) is 0 Å². The number of hydrogen-bond donors (Lipinski definition) is 4. The maximum absolute atomic E-state index is 13.9. The number of phenolic OH excluding ortho intramolecular Hbond substituents is 1. The minimum atomic E-state index is -0.495. The number of H-pyrrole nitrogens is 2. The van der Waals surface area contributed by atoms with E-state index in [-0.39, 0.29) is 11.5 Å². The van der Waals surface area contributed by atoms with Crippen molar-refractivity contribution in [1.29, 1.82) is 0 Å². The van der Waals surface area contributed by atoms with Crippen molar-refractivity contribution >= 4 is 21.8 Å². The number of aromatic amines is 2. The van der Waals surface area contributed by atoms with Crippen LogP contribution in [-0.2, 0) is 0 Å².